The zero-order chi connectivity index (χ0) is 11.1. The number of carboxylic acid groups (broad SMARTS) is 1. The number of carboxylic acids is 1. The number of carbonyl (C=O) groups is 2. The van der Waals surface area contributed by atoms with Gasteiger partial charge in [0.15, 0.2) is 0 Å². The summed E-state index contributed by atoms with van der Waals surface area (Å²) >= 11 is 1.81. The molecular formula is C10H15NO3S. The Kier molecular flexibility index (Phi) is 2.66. The van der Waals surface area contributed by atoms with Crippen molar-refractivity contribution in [2.24, 2.45) is 5.92 Å². The maximum absolute atomic E-state index is 11.3. The summed E-state index contributed by atoms with van der Waals surface area (Å²) < 4.78 is -0.0395. The van der Waals surface area contributed by atoms with E-state index in [1.54, 1.807) is 0 Å². The number of rotatable bonds is 2. The first-order chi connectivity index (χ1) is 7.03. The number of carbonyl (C=O) groups excluding carboxylic acids is 1. The van der Waals surface area contributed by atoms with Crippen molar-refractivity contribution in [3.05, 3.63) is 0 Å². The molecule has 4 nitrogen and oxygen atoms in total. The minimum Gasteiger partial charge on any atom is -0.480 e. The van der Waals surface area contributed by atoms with Crippen LogP contribution in [0, 0.1) is 5.92 Å². The predicted octanol–water partition coefficient (Wildman–Crippen LogP) is 0.861. The summed E-state index contributed by atoms with van der Waals surface area (Å²) in [5, 5.41) is 11.6. The van der Waals surface area contributed by atoms with E-state index in [1.807, 2.05) is 11.8 Å². The summed E-state index contributed by atoms with van der Waals surface area (Å²) in [5.74, 6) is -0.0104. The molecule has 2 heterocycles. The Morgan fingerprint density at radius 1 is 1.67 bits per heavy atom. The first kappa shape index (κ1) is 10.8. The molecule has 15 heavy (non-hydrogen) atoms. The second kappa shape index (κ2) is 3.70. The predicted molar refractivity (Wildman–Crippen MR) is 57.8 cm³/mol. The maximum atomic E-state index is 11.3. The molecule has 3 unspecified atom stereocenters. The lowest BCUT2D eigenvalue weighted by Gasteiger charge is -2.31. The largest absolute Gasteiger partial charge is 0.480 e. The third kappa shape index (κ3) is 1.85. The van der Waals surface area contributed by atoms with Crippen molar-refractivity contribution in [1.82, 2.24) is 5.32 Å². The molecule has 0 saturated carbocycles. The van der Waals surface area contributed by atoms with Crippen molar-refractivity contribution >= 4 is 23.6 Å². The molecule has 84 valence electrons. The molecule has 2 N–H and O–H groups in total. The van der Waals surface area contributed by atoms with E-state index in [0.717, 1.165) is 18.6 Å². The average molecular weight is 229 g/mol. The highest BCUT2D eigenvalue weighted by Gasteiger charge is 2.49. The first-order valence-electron chi connectivity index (χ1n) is 5.19. The topological polar surface area (TPSA) is 66.4 Å². The summed E-state index contributed by atoms with van der Waals surface area (Å²) in [6.45, 7) is 2.09. The van der Waals surface area contributed by atoms with E-state index in [4.69, 9.17) is 5.11 Å². The highest BCUT2D eigenvalue weighted by molar-refractivity contribution is 8.00. The van der Waals surface area contributed by atoms with Crippen LogP contribution in [0.15, 0.2) is 0 Å². The number of nitrogens with one attached hydrogen (secondary N) is 1. The maximum Gasteiger partial charge on any atom is 0.326 e. The van der Waals surface area contributed by atoms with Gasteiger partial charge < -0.3 is 10.4 Å². The Bertz CT molecular complexity index is 299. The molecule has 2 saturated heterocycles. The fraction of sp³-hybridized carbons (Fsp3) is 0.800. The van der Waals surface area contributed by atoms with Crippen LogP contribution < -0.4 is 5.32 Å². The first-order valence-corrected chi connectivity index (χ1v) is 6.17. The fourth-order valence-corrected chi connectivity index (χ4v) is 4.02. The van der Waals surface area contributed by atoms with E-state index in [9.17, 15) is 9.59 Å². The highest BCUT2D eigenvalue weighted by Crippen LogP contribution is 2.47. The highest BCUT2D eigenvalue weighted by atomic mass is 32.2. The van der Waals surface area contributed by atoms with E-state index in [1.165, 1.54) is 0 Å². The number of hydrogen-bond donors (Lipinski definition) is 2. The van der Waals surface area contributed by atoms with Gasteiger partial charge in [0.1, 0.15) is 6.04 Å². The summed E-state index contributed by atoms with van der Waals surface area (Å²) in [6, 6.07) is -0.687. The Morgan fingerprint density at radius 3 is 2.93 bits per heavy atom. The smallest absolute Gasteiger partial charge is 0.326 e. The van der Waals surface area contributed by atoms with Gasteiger partial charge in [-0.05, 0) is 18.6 Å². The number of aliphatic carboxylic acids is 1. The van der Waals surface area contributed by atoms with Gasteiger partial charge in [0.05, 0.1) is 0 Å². The molecule has 2 aliphatic rings. The molecule has 1 amide bonds. The van der Waals surface area contributed by atoms with Gasteiger partial charge in [-0.25, -0.2) is 4.79 Å². The molecule has 0 radical (unpaired) electrons. The van der Waals surface area contributed by atoms with Crippen molar-refractivity contribution in [3.63, 3.8) is 0 Å². The molecule has 0 aromatic rings. The number of amides is 1. The van der Waals surface area contributed by atoms with Gasteiger partial charge in [0.25, 0.3) is 0 Å². The van der Waals surface area contributed by atoms with Crippen LogP contribution in [0.4, 0.5) is 0 Å². The second-order valence-corrected chi connectivity index (χ2v) is 6.09. The van der Waals surface area contributed by atoms with Crippen LogP contribution in [0.2, 0.25) is 0 Å². The van der Waals surface area contributed by atoms with Crippen LogP contribution in [-0.2, 0) is 9.59 Å². The van der Waals surface area contributed by atoms with Crippen molar-refractivity contribution in [2.45, 2.75) is 37.0 Å². The van der Waals surface area contributed by atoms with E-state index in [2.05, 4.69) is 12.2 Å². The molecule has 2 rings (SSSR count). The zero-order valence-corrected chi connectivity index (χ0v) is 9.47. The molecule has 0 bridgehead atoms. The molecular weight excluding hydrogens is 214 g/mol. The lowest BCUT2D eigenvalue weighted by Crippen LogP contribution is -2.44. The number of hydrogen-bond acceptors (Lipinski definition) is 3. The van der Waals surface area contributed by atoms with Gasteiger partial charge in [0.2, 0.25) is 5.91 Å². The van der Waals surface area contributed by atoms with Gasteiger partial charge in [-0.15, -0.1) is 0 Å². The van der Waals surface area contributed by atoms with Gasteiger partial charge in [-0.3, -0.25) is 4.79 Å². The minimum absolute atomic E-state index is 0.0395. The van der Waals surface area contributed by atoms with Crippen molar-refractivity contribution in [3.8, 4) is 0 Å². The van der Waals surface area contributed by atoms with Crippen molar-refractivity contribution < 1.29 is 14.7 Å². The average Bonchev–Trinajstić information content (AvgIpc) is 2.72. The van der Waals surface area contributed by atoms with E-state index >= 15 is 0 Å². The molecule has 0 aliphatic carbocycles. The summed E-state index contributed by atoms with van der Waals surface area (Å²) in [5.41, 5.74) is 0. The third-order valence-electron chi connectivity index (χ3n) is 3.42. The molecule has 5 heteroatoms. The van der Waals surface area contributed by atoms with Crippen LogP contribution in [0.1, 0.15) is 26.2 Å². The summed E-state index contributed by atoms with van der Waals surface area (Å²) in [6.07, 6.45) is 2.50. The SMILES string of the molecule is CC1(C2CC(=O)NC2C(=O)O)CCCS1. The van der Waals surface area contributed by atoms with Crippen LogP contribution in [0.25, 0.3) is 0 Å². The Morgan fingerprint density at radius 2 is 2.40 bits per heavy atom. The van der Waals surface area contributed by atoms with Crippen molar-refractivity contribution in [2.75, 3.05) is 5.75 Å². The van der Waals surface area contributed by atoms with Gasteiger partial charge in [-0.1, -0.05) is 6.92 Å². The van der Waals surface area contributed by atoms with Crippen LogP contribution in [0.3, 0.4) is 0 Å². The van der Waals surface area contributed by atoms with Crippen LogP contribution in [-0.4, -0.2) is 33.5 Å². The van der Waals surface area contributed by atoms with Gasteiger partial charge in [-0.2, -0.15) is 11.8 Å². The standard InChI is InChI=1S/C10H15NO3S/c1-10(3-2-4-15-10)6-5-7(12)11-8(6)9(13)14/h6,8H,2-5H2,1H3,(H,11,12)(H,13,14). The number of thioether (sulfide) groups is 1. The Balaban J connectivity index is 2.19. The molecule has 3 atom stereocenters. The molecule has 0 aromatic carbocycles. The van der Waals surface area contributed by atoms with E-state index in [0.29, 0.717) is 6.42 Å². The lowest BCUT2D eigenvalue weighted by molar-refractivity contribution is -0.141. The summed E-state index contributed by atoms with van der Waals surface area (Å²) in [4.78, 5) is 22.3. The van der Waals surface area contributed by atoms with Crippen molar-refractivity contribution in [1.29, 1.82) is 0 Å². The monoisotopic (exact) mass is 229 g/mol. The third-order valence-corrected chi connectivity index (χ3v) is 5.08. The second-order valence-electron chi connectivity index (χ2n) is 4.46. The van der Waals surface area contributed by atoms with Gasteiger partial charge in [0, 0.05) is 17.1 Å². The van der Waals surface area contributed by atoms with E-state index in [-0.39, 0.29) is 16.6 Å². The zero-order valence-electron chi connectivity index (χ0n) is 8.66. The van der Waals surface area contributed by atoms with Crippen LogP contribution in [0.5, 0.6) is 0 Å². The lowest BCUT2D eigenvalue weighted by atomic mass is 9.84. The Hall–Kier alpha value is -0.710. The summed E-state index contributed by atoms with van der Waals surface area (Å²) in [7, 11) is 0. The fourth-order valence-electron chi connectivity index (χ4n) is 2.55. The van der Waals surface area contributed by atoms with Gasteiger partial charge >= 0.3 is 5.97 Å². The van der Waals surface area contributed by atoms with E-state index < -0.39 is 12.0 Å². The minimum atomic E-state index is -0.903. The quantitative estimate of drug-likeness (QED) is 0.737. The molecule has 0 spiro atoms. The molecule has 0 aromatic heterocycles. The van der Waals surface area contributed by atoms with Crippen LogP contribution >= 0.6 is 11.8 Å². The molecule has 2 fully saturated rings. The molecule has 2 aliphatic heterocycles. The normalized spacial score (nSPS) is 40.5. The Labute approximate surface area is 92.8 Å².